The highest BCUT2D eigenvalue weighted by atomic mass is 19.1. The van der Waals surface area contributed by atoms with E-state index in [2.05, 4.69) is 18.9 Å². The van der Waals surface area contributed by atoms with Crippen molar-refractivity contribution in [1.29, 1.82) is 0 Å². The quantitative estimate of drug-likeness (QED) is 0.892. The van der Waals surface area contributed by atoms with Crippen molar-refractivity contribution in [3.63, 3.8) is 0 Å². The summed E-state index contributed by atoms with van der Waals surface area (Å²) >= 11 is 0. The topological polar surface area (TPSA) is 29.3 Å². The molecule has 1 fully saturated rings. The zero-order valence-electron chi connectivity index (χ0n) is 12.7. The molecule has 1 aliphatic rings. The predicted molar refractivity (Wildman–Crippen MR) is 81.9 cm³/mol. The second-order valence-corrected chi connectivity index (χ2v) is 6.11. The highest BCUT2D eigenvalue weighted by Gasteiger charge is 2.41. The van der Waals surface area contributed by atoms with Gasteiger partial charge in [0.2, 0.25) is 0 Å². The molecule has 2 unspecified atom stereocenters. The highest BCUT2D eigenvalue weighted by Crippen LogP contribution is 2.39. The first-order valence-corrected chi connectivity index (χ1v) is 7.78. The number of likely N-dealkylation sites (N-methyl/N-ethyl adjacent to an activating group) is 1. The Morgan fingerprint density at radius 1 is 1.35 bits per heavy atom. The Balaban J connectivity index is 2.20. The predicted octanol–water partition coefficient (Wildman–Crippen LogP) is 3.56. The van der Waals surface area contributed by atoms with Crippen LogP contribution >= 0.6 is 0 Å². The van der Waals surface area contributed by atoms with Crippen LogP contribution in [-0.4, -0.2) is 24.0 Å². The maximum absolute atomic E-state index is 13.9. The van der Waals surface area contributed by atoms with Gasteiger partial charge in [0.05, 0.1) is 0 Å². The van der Waals surface area contributed by atoms with E-state index in [1.54, 1.807) is 6.07 Å². The van der Waals surface area contributed by atoms with Gasteiger partial charge in [-0.3, -0.25) is 4.90 Å². The van der Waals surface area contributed by atoms with E-state index < -0.39 is 0 Å². The number of nitrogens with two attached hydrogens (primary N) is 1. The zero-order chi connectivity index (χ0) is 14.6. The van der Waals surface area contributed by atoms with Crippen LogP contribution in [0, 0.1) is 11.7 Å². The van der Waals surface area contributed by atoms with E-state index >= 15 is 0 Å². The Bertz CT molecular complexity index is 435. The second kappa shape index (κ2) is 6.68. The number of benzene rings is 1. The summed E-state index contributed by atoms with van der Waals surface area (Å²) in [5, 5.41) is 0. The molecule has 0 amide bonds. The number of hydrogen-bond donors (Lipinski definition) is 1. The van der Waals surface area contributed by atoms with E-state index in [-0.39, 0.29) is 11.4 Å². The molecular weight excluding hydrogens is 251 g/mol. The summed E-state index contributed by atoms with van der Waals surface area (Å²) in [6.07, 6.45) is 6.06. The fourth-order valence-corrected chi connectivity index (χ4v) is 3.85. The van der Waals surface area contributed by atoms with Crippen LogP contribution in [-0.2, 0) is 6.54 Å². The van der Waals surface area contributed by atoms with Crippen LogP contribution in [0.15, 0.2) is 24.3 Å². The largest absolute Gasteiger partial charge is 0.329 e. The van der Waals surface area contributed by atoms with Crippen molar-refractivity contribution in [1.82, 2.24) is 4.90 Å². The standard InChI is InChI=1S/C17H27FN2/c1-3-15-9-6-7-11-17(15,13-19)20(2)12-14-8-4-5-10-16(14)18/h4-5,8,10,15H,3,6-7,9,11-13,19H2,1-2H3. The van der Waals surface area contributed by atoms with Crippen molar-refractivity contribution >= 4 is 0 Å². The number of hydrogen-bond acceptors (Lipinski definition) is 2. The van der Waals surface area contributed by atoms with Crippen LogP contribution in [0.1, 0.15) is 44.6 Å². The molecule has 0 radical (unpaired) electrons. The third kappa shape index (κ3) is 2.89. The van der Waals surface area contributed by atoms with Gasteiger partial charge in [0, 0.05) is 24.2 Å². The molecule has 2 atom stereocenters. The summed E-state index contributed by atoms with van der Waals surface area (Å²) in [4.78, 5) is 2.30. The normalized spacial score (nSPS) is 26.9. The lowest BCUT2D eigenvalue weighted by Gasteiger charge is -2.49. The summed E-state index contributed by atoms with van der Waals surface area (Å²) in [7, 11) is 2.10. The van der Waals surface area contributed by atoms with Crippen LogP contribution in [0.5, 0.6) is 0 Å². The molecule has 0 saturated heterocycles. The summed E-state index contributed by atoms with van der Waals surface area (Å²) in [6, 6.07) is 7.06. The first-order chi connectivity index (χ1) is 9.64. The molecule has 0 heterocycles. The van der Waals surface area contributed by atoms with Crippen molar-refractivity contribution in [2.75, 3.05) is 13.6 Å². The smallest absolute Gasteiger partial charge is 0.127 e. The average molecular weight is 278 g/mol. The van der Waals surface area contributed by atoms with E-state index in [0.717, 1.165) is 18.4 Å². The monoisotopic (exact) mass is 278 g/mol. The van der Waals surface area contributed by atoms with Crippen molar-refractivity contribution in [2.24, 2.45) is 11.7 Å². The minimum atomic E-state index is -0.115. The van der Waals surface area contributed by atoms with E-state index in [1.165, 1.54) is 25.3 Å². The summed E-state index contributed by atoms with van der Waals surface area (Å²) in [5.41, 5.74) is 6.97. The lowest BCUT2D eigenvalue weighted by molar-refractivity contribution is 0.0171. The summed E-state index contributed by atoms with van der Waals surface area (Å²) < 4.78 is 13.9. The lowest BCUT2D eigenvalue weighted by Crippen LogP contribution is -2.58. The van der Waals surface area contributed by atoms with Gasteiger partial charge in [0.1, 0.15) is 5.82 Å². The average Bonchev–Trinajstić information content (AvgIpc) is 2.49. The molecule has 0 spiro atoms. The van der Waals surface area contributed by atoms with Gasteiger partial charge in [-0.25, -0.2) is 4.39 Å². The van der Waals surface area contributed by atoms with Crippen molar-refractivity contribution in [2.45, 2.75) is 51.1 Å². The first kappa shape index (κ1) is 15.5. The summed E-state index contributed by atoms with van der Waals surface area (Å²) in [6.45, 7) is 3.55. The molecule has 2 nitrogen and oxygen atoms in total. The van der Waals surface area contributed by atoms with Crippen LogP contribution in [0.4, 0.5) is 4.39 Å². The molecule has 1 aromatic carbocycles. The Hall–Kier alpha value is -0.930. The molecule has 0 aromatic heterocycles. The number of halogens is 1. The zero-order valence-corrected chi connectivity index (χ0v) is 12.7. The Morgan fingerprint density at radius 2 is 2.10 bits per heavy atom. The van der Waals surface area contributed by atoms with Gasteiger partial charge in [0.25, 0.3) is 0 Å². The lowest BCUT2D eigenvalue weighted by atomic mass is 9.70. The molecule has 2 N–H and O–H groups in total. The van der Waals surface area contributed by atoms with Crippen LogP contribution in [0.25, 0.3) is 0 Å². The van der Waals surface area contributed by atoms with Gasteiger partial charge in [-0.1, -0.05) is 44.4 Å². The SMILES string of the molecule is CCC1CCCCC1(CN)N(C)Cc1ccccc1F. The highest BCUT2D eigenvalue weighted by molar-refractivity contribution is 5.18. The molecule has 1 aromatic rings. The van der Waals surface area contributed by atoms with Crippen LogP contribution in [0.3, 0.4) is 0 Å². The fourth-order valence-electron chi connectivity index (χ4n) is 3.85. The van der Waals surface area contributed by atoms with Crippen LogP contribution in [0.2, 0.25) is 0 Å². The Kier molecular flexibility index (Phi) is 5.17. The minimum Gasteiger partial charge on any atom is -0.329 e. The molecule has 0 bridgehead atoms. The molecule has 1 saturated carbocycles. The van der Waals surface area contributed by atoms with Gasteiger partial charge < -0.3 is 5.73 Å². The van der Waals surface area contributed by atoms with Gasteiger partial charge in [-0.15, -0.1) is 0 Å². The first-order valence-electron chi connectivity index (χ1n) is 7.78. The van der Waals surface area contributed by atoms with Crippen molar-refractivity contribution in [3.8, 4) is 0 Å². The molecule has 112 valence electrons. The van der Waals surface area contributed by atoms with Crippen molar-refractivity contribution in [3.05, 3.63) is 35.6 Å². The number of rotatable bonds is 5. The minimum absolute atomic E-state index is 0.0370. The van der Waals surface area contributed by atoms with E-state index in [9.17, 15) is 4.39 Å². The van der Waals surface area contributed by atoms with Gasteiger partial charge in [-0.05, 0) is 31.9 Å². The van der Waals surface area contributed by atoms with E-state index in [0.29, 0.717) is 19.0 Å². The van der Waals surface area contributed by atoms with Gasteiger partial charge in [0.15, 0.2) is 0 Å². The Morgan fingerprint density at radius 3 is 2.75 bits per heavy atom. The second-order valence-electron chi connectivity index (χ2n) is 6.11. The van der Waals surface area contributed by atoms with Crippen molar-refractivity contribution < 1.29 is 4.39 Å². The Labute approximate surface area is 122 Å². The molecule has 2 rings (SSSR count). The molecular formula is C17H27FN2. The number of nitrogens with zero attached hydrogens (tertiary/aromatic N) is 1. The summed E-state index contributed by atoms with van der Waals surface area (Å²) in [5.74, 6) is 0.508. The molecule has 20 heavy (non-hydrogen) atoms. The molecule has 0 aliphatic heterocycles. The van der Waals surface area contributed by atoms with Crippen LogP contribution < -0.4 is 5.73 Å². The fraction of sp³-hybridized carbons (Fsp3) is 0.647. The maximum atomic E-state index is 13.9. The molecule has 3 heteroatoms. The van der Waals surface area contributed by atoms with Gasteiger partial charge in [-0.2, -0.15) is 0 Å². The van der Waals surface area contributed by atoms with E-state index in [4.69, 9.17) is 5.73 Å². The van der Waals surface area contributed by atoms with E-state index in [1.807, 2.05) is 12.1 Å². The maximum Gasteiger partial charge on any atom is 0.127 e. The molecule has 1 aliphatic carbocycles. The third-order valence-electron chi connectivity index (χ3n) is 5.14. The third-order valence-corrected chi connectivity index (χ3v) is 5.14. The van der Waals surface area contributed by atoms with Gasteiger partial charge >= 0.3 is 0 Å².